The van der Waals surface area contributed by atoms with E-state index < -0.39 is 50.6 Å². The van der Waals surface area contributed by atoms with Crippen LogP contribution in [-0.2, 0) is 10.0 Å². The minimum absolute atomic E-state index is 0.0961. The molecule has 0 bridgehead atoms. The van der Waals surface area contributed by atoms with Gasteiger partial charge in [0.2, 0.25) is 11.7 Å². The lowest BCUT2D eigenvalue weighted by molar-refractivity contribution is 0.101. The summed E-state index contributed by atoms with van der Waals surface area (Å²) in [5.74, 6) is -13.2. The quantitative estimate of drug-likeness (QED) is 0.339. The molecule has 1 aromatic heterocycles. The van der Waals surface area contributed by atoms with Crippen molar-refractivity contribution in [1.82, 2.24) is 5.16 Å². The molecule has 31 heavy (non-hydrogen) atoms. The largest absolute Gasteiger partial charge is 0.337 e. The average Bonchev–Trinajstić information content (AvgIpc) is 3.03. The maximum Gasteiger partial charge on any atom is 0.264 e. The first-order valence-corrected chi connectivity index (χ1v) is 9.81. The topological polar surface area (TPSA) is 101 Å². The van der Waals surface area contributed by atoms with Crippen LogP contribution >= 0.6 is 0 Å². The summed E-state index contributed by atoms with van der Waals surface area (Å²) in [6.07, 6.45) is 0. The van der Waals surface area contributed by atoms with Gasteiger partial charge in [-0.3, -0.25) is 4.79 Å². The molecule has 1 heterocycles. The van der Waals surface area contributed by atoms with Gasteiger partial charge in [0.1, 0.15) is 5.56 Å². The Hall–Kier alpha value is -3.48. The molecule has 0 saturated carbocycles. The molecule has 0 spiro atoms. The molecule has 1 amide bonds. The minimum Gasteiger partial charge on any atom is -0.337 e. The second-order valence-corrected chi connectivity index (χ2v) is 7.93. The Kier molecular flexibility index (Phi) is 5.72. The summed E-state index contributed by atoms with van der Waals surface area (Å²) in [6, 6.07) is 4.18. The number of carbonyl (C=O) groups is 1. The van der Waals surface area contributed by atoms with Crippen LogP contribution in [0.25, 0.3) is 0 Å². The molecule has 0 aliphatic rings. The fourth-order valence-corrected chi connectivity index (χ4v) is 3.45. The van der Waals surface area contributed by atoms with Crippen molar-refractivity contribution in [3.05, 3.63) is 70.2 Å². The molecule has 2 aromatic carbocycles. The number of halogens is 5. The lowest BCUT2D eigenvalue weighted by Crippen LogP contribution is -2.19. The monoisotopic (exact) mass is 461 g/mol. The van der Waals surface area contributed by atoms with Crippen LogP contribution in [0.3, 0.4) is 0 Å². The third-order valence-corrected chi connectivity index (χ3v) is 5.59. The molecule has 0 radical (unpaired) electrons. The number of nitrogens with one attached hydrogen (secondary N) is 2. The second kappa shape index (κ2) is 7.98. The van der Waals surface area contributed by atoms with E-state index in [1.54, 1.807) is 13.8 Å². The molecule has 3 rings (SSSR count). The number of nitrogens with zero attached hydrogens (tertiary/aromatic N) is 1. The van der Waals surface area contributed by atoms with Crippen molar-refractivity contribution in [2.75, 3.05) is 10.0 Å². The molecular formula is C18H12F5N3O4S. The Morgan fingerprint density at radius 3 is 1.90 bits per heavy atom. The van der Waals surface area contributed by atoms with Gasteiger partial charge in [-0.1, -0.05) is 5.16 Å². The first-order chi connectivity index (χ1) is 14.4. The van der Waals surface area contributed by atoms with E-state index in [9.17, 15) is 35.2 Å². The van der Waals surface area contributed by atoms with Gasteiger partial charge in [-0.25, -0.2) is 35.1 Å². The van der Waals surface area contributed by atoms with Crippen LogP contribution in [0.1, 0.15) is 21.6 Å². The van der Waals surface area contributed by atoms with Gasteiger partial charge < -0.3 is 9.84 Å². The Balaban J connectivity index is 1.83. The fourth-order valence-electron chi connectivity index (χ4n) is 2.41. The van der Waals surface area contributed by atoms with Gasteiger partial charge >= 0.3 is 0 Å². The van der Waals surface area contributed by atoms with Crippen molar-refractivity contribution in [2.45, 2.75) is 18.7 Å². The van der Waals surface area contributed by atoms with Crippen LogP contribution in [0.2, 0.25) is 0 Å². The minimum atomic E-state index is -4.11. The van der Waals surface area contributed by atoms with Crippen molar-refractivity contribution < 1.29 is 39.7 Å². The molecule has 0 atom stereocenters. The van der Waals surface area contributed by atoms with Gasteiger partial charge in [-0.15, -0.1) is 0 Å². The first kappa shape index (κ1) is 22.2. The van der Waals surface area contributed by atoms with E-state index in [0.717, 1.165) is 24.3 Å². The van der Waals surface area contributed by atoms with E-state index in [0.29, 0.717) is 11.3 Å². The average molecular weight is 461 g/mol. The van der Waals surface area contributed by atoms with E-state index in [-0.39, 0.29) is 16.5 Å². The SMILES string of the molecule is Cc1noc(NS(=O)(=O)c2ccc(NC(=O)c3c(F)c(F)c(F)c(F)c3F)cc2)c1C. The predicted molar refractivity (Wildman–Crippen MR) is 97.4 cm³/mol. The highest BCUT2D eigenvalue weighted by atomic mass is 32.2. The summed E-state index contributed by atoms with van der Waals surface area (Å²) in [6.45, 7) is 3.19. The molecule has 0 saturated heterocycles. The number of carbonyl (C=O) groups excluding carboxylic acids is 1. The zero-order valence-electron chi connectivity index (χ0n) is 15.7. The molecule has 7 nitrogen and oxygen atoms in total. The number of benzene rings is 2. The first-order valence-electron chi connectivity index (χ1n) is 8.32. The van der Waals surface area contributed by atoms with E-state index in [1.165, 1.54) is 0 Å². The number of anilines is 2. The van der Waals surface area contributed by atoms with Gasteiger partial charge in [0, 0.05) is 11.3 Å². The number of sulfonamides is 1. The maximum absolute atomic E-state index is 13.7. The molecule has 0 fully saturated rings. The lowest BCUT2D eigenvalue weighted by atomic mass is 10.1. The number of hydrogen-bond acceptors (Lipinski definition) is 5. The van der Waals surface area contributed by atoms with Crippen LogP contribution in [-0.4, -0.2) is 19.5 Å². The van der Waals surface area contributed by atoms with Gasteiger partial charge in [0.15, 0.2) is 23.3 Å². The second-order valence-electron chi connectivity index (χ2n) is 6.25. The van der Waals surface area contributed by atoms with E-state index in [4.69, 9.17) is 4.52 Å². The number of hydrogen-bond donors (Lipinski definition) is 2. The molecule has 0 aliphatic carbocycles. The molecule has 164 valence electrons. The molecule has 2 N–H and O–H groups in total. The van der Waals surface area contributed by atoms with Crippen molar-refractivity contribution in [2.24, 2.45) is 0 Å². The predicted octanol–water partition coefficient (Wildman–Crippen LogP) is 4.04. The summed E-state index contributed by atoms with van der Waals surface area (Å²) in [5.41, 5.74) is -0.898. The number of aromatic nitrogens is 1. The lowest BCUT2D eigenvalue weighted by Gasteiger charge is -2.10. The van der Waals surface area contributed by atoms with Crippen LogP contribution in [0.4, 0.5) is 33.5 Å². The zero-order valence-corrected chi connectivity index (χ0v) is 16.5. The number of aryl methyl sites for hydroxylation is 1. The van der Waals surface area contributed by atoms with Gasteiger partial charge in [-0.05, 0) is 38.1 Å². The van der Waals surface area contributed by atoms with Gasteiger partial charge in [0.25, 0.3) is 15.9 Å². The van der Waals surface area contributed by atoms with E-state index in [1.807, 2.05) is 5.32 Å². The van der Waals surface area contributed by atoms with Crippen LogP contribution in [0, 0.1) is 42.9 Å². The highest BCUT2D eigenvalue weighted by molar-refractivity contribution is 7.92. The Morgan fingerprint density at radius 1 is 0.903 bits per heavy atom. The van der Waals surface area contributed by atoms with E-state index >= 15 is 0 Å². The van der Waals surface area contributed by atoms with Gasteiger partial charge in [-0.2, -0.15) is 0 Å². The summed E-state index contributed by atoms with van der Waals surface area (Å²) >= 11 is 0. The molecule has 13 heteroatoms. The van der Waals surface area contributed by atoms with Crippen LogP contribution < -0.4 is 10.0 Å². The molecular weight excluding hydrogens is 449 g/mol. The van der Waals surface area contributed by atoms with Crippen molar-refractivity contribution in [1.29, 1.82) is 0 Å². The Bertz CT molecular complexity index is 1260. The molecule has 0 aliphatic heterocycles. The van der Waals surface area contributed by atoms with E-state index in [2.05, 4.69) is 9.88 Å². The summed E-state index contributed by atoms with van der Waals surface area (Å²) in [5, 5.41) is 5.55. The van der Waals surface area contributed by atoms with Crippen molar-refractivity contribution in [3.8, 4) is 0 Å². The molecule has 0 unspecified atom stereocenters. The Labute approximate surface area is 171 Å². The zero-order chi connectivity index (χ0) is 23.1. The van der Waals surface area contributed by atoms with Crippen molar-refractivity contribution >= 4 is 27.5 Å². The summed E-state index contributed by atoms with van der Waals surface area (Å²) < 4.78 is 99.0. The van der Waals surface area contributed by atoms with Crippen molar-refractivity contribution in [3.63, 3.8) is 0 Å². The van der Waals surface area contributed by atoms with Gasteiger partial charge in [0.05, 0.1) is 10.6 Å². The highest BCUT2D eigenvalue weighted by Gasteiger charge is 2.30. The third-order valence-electron chi connectivity index (χ3n) is 4.24. The smallest absolute Gasteiger partial charge is 0.264 e. The normalized spacial score (nSPS) is 11.5. The van der Waals surface area contributed by atoms with Crippen LogP contribution in [0.15, 0.2) is 33.7 Å². The summed E-state index contributed by atoms with van der Waals surface area (Å²) in [4.78, 5) is 11.8. The summed E-state index contributed by atoms with van der Waals surface area (Å²) in [7, 11) is -4.11. The third kappa shape index (κ3) is 4.08. The molecule has 3 aromatic rings. The van der Waals surface area contributed by atoms with Crippen LogP contribution in [0.5, 0.6) is 0 Å². The maximum atomic E-state index is 13.7. The Morgan fingerprint density at radius 2 is 1.42 bits per heavy atom. The number of rotatable bonds is 5. The fraction of sp³-hybridized carbons (Fsp3) is 0.111. The number of amides is 1. The highest BCUT2D eigenvalue weighted by Crippen LogP contribution is 2.25. The standard InChI is InChI=1S/C18H12F5N3O4S/c1-7-8(2)25-30-18(7)26-31(28,29)10-5-3-9(4-6-10)24-17(27)11-12(19)14(21)16(23)15(22)13(11)20/h3-6,26H,1-2H3,(H,24,27).